The van der Waals surface area contributed by atoms with Crippen molar-refractivity contribution in [3.63, 3.8) is 0 Å². The second-order valence-electron chi connectivity index (χ2n) is 5.52. The highest BCUT2D eigenvalue weighted by molar-refractivity contribution is 7.33. The van der Waals surface area contributed by atoms with E-state index in [0.717, 1.165) is 6.04 Å². The van der Waals surface area contributed by atoms with E-state index in [0.29, 0.717) is 0 Å². The van der Waals surface area contributed by atoms with Crippen molar-refractivity contribution in [2.75, 3.05) is 0 Å². The molecule has 0 unspecified atom stereocenters. The van der Waals surface area contributed by atoms with E-state index in [4.69, 9.17) is 22.2 Å². The molecule has 0 aliphatic rings. The van der Waals surface area contributed by atoms with Crippen molar-refractivity contribution in [3.05, 3.63) is 21.9 Å². The van der Waals surface area contributed by atoms with Crippen LogP contribution in [0.1, 0.15) is 68.0 Å². The lowest BCUT2D eigenvalue weighted by atomic mass is 10.1. The summed E-state index contributed by atoms with van der Waals surface area (Å²) < 4.78 is 0. The minimum atomic E-state index is -1.34. The van der Waals surface area contributed by atoms with Crippen molar-refractivity contribution < 1.29 is 0 Å². The Morgan fingerprint density at radius 1 is 0.850 bits per heavy atom. The van der Waals surface area contributed by atoms with Crippen molar-refractivity contribution in [1.29, 1.82) is 0 Å². The Labute approximate surface area is 139 Å². The monoisotopic (exact) mass is 350 g/mol. The Bertz CT molecular complexity index is 339. The first kappa shape index (κ1) is 18.5. The van der Waals surface area contributed by atoms with Crippen LogP contribution in [-0.4, -0.2) is 7.42 Å². The second kappa shape index (κ2) is 12.1. The van der Waals surface area contributed by atoms with Crippen molar-refractivity contribution >= 4 is 40.9 Å². The lowest BCUT2D eigenvalue weighted by Crippen LogP contribution is -1.91. The molecule has 116 valence electrons. The van der Waals surface area contributed by atoms with Gasteiger partial charge in [0, 0.05) is 9.75 Å². The van der Waals surface area contributed by atoms with Gasteiger partial charge in [-0.1, -0.05) is 45.4 Å². The van der Waals surface area contributed by atoms with Gasteiger partial charge in [-0.25, -0.2) is 0 Å². The maximum atomic E-state index is 5.85. The Balaban J connectivity index is 1.97. The summed E-state index contributed by atoms with van der Waals surface area (Å²) >= 11 is 13.7. The van der Waals surface area contributed by atoms with E-state index in [1.54, 1.807) is 9.75 Å². The minimum absolute atomic E-state index is 1.08. The molecule has 0 bridgehead atoms. The molecule has 20 heavy (non-hydrogen) atoms. The molecular weight excluding hydrogens is 323 g/mol. The van der Waals surface area contributed by atoms with E-state index in [1.807, 2.05) is 11.3 Å². The van der Waals surface area contributed by atoms with E-state index in [-0.39, 0.29) is 0 Å². The van der Waals surface area contributed by atoms with Gasteiger partial charge in [0.05, 0.1) is 0 Å². The molecular formula is C16H28Cl2SSi. The number of halogens is 2. The minimum Gasteiger partial charge on any atom is -0.150 e. The third-order valence-corrected chi connectivity index (χ3v) is 6.95. The number of unbranched alkanes of at least 4 members (excludes halogenated alkanes) is 6. The molecule has 0 amide bonds. The first-order chi connectivity index (χ1) is 9.72. The molecule has 0 radical (unpaired) electrons. The molecule has 4 heteroatoms. The van der Waals surface area contributed by atoms with Crippen LogP contribution in [-0.2, 0) is 12.8 Å². The zero-order valence-corrected chi connectivity index (χ0v) is 16.2. The van der Waals surface area contributed by atoms with Crippen LogP contribution < -0.4 is 0 Å². The third-order valence-electron chi connectivity index (χ3n) is 3.59. The Hall–Kier alpha value is 0.497. The van der Waals surface area contributed by atoms with E-state index in [1.165, 1.54) is 64.2 Å². The maximum absolute atomic E-state index is 5.85. The fourth-order valence-corrected chi connectivity index (χ4v) is 4.97. The van der Waals surface area contributed by atoms with Crippen LogP contribution in [0.15, 0.2) is 12.1 Å². The summed E-state index contributed by atoms with van der Waals surface area (Å²) in [5.41, 5.74) is 0. The summed E-state index contributed by atoms with van der Waals surface area (Å²) in [7, 11) is -1.34. The van der Waals surface area contributed by atoms with Crippen molar-refractivity contribution in [1.82, 2.24) is 0 Å². The van der Waals surface area contributed by atoms with Crippen LogP contribution in [0.4, 0.5) is 0 Å². The molecule has 0 aliphatic heterocycles. The van der Waals surface area contributed by atoms with Gasteiger partial charge < -0.3 is 0 Å². The topological polar surface area (TPSA) is 0 Å². The molecule has 0 atom stereocenters. The highest BCUT2D eigenvalue weighted by Crippen LogP contribution is 2.21. The smallest absolute Gasteiger partial charge is 0.150 e. The van der Waals surface area contributed by atoms with Gasteiger partial charge in [0.25, 0.3) is 0 Å². The van der Waals surface area contributed by atoms with Crippen LogP contribution in [0, 0.1) is 0 Å². The van der Waals surface area contributed by atoms with Gasteiger partial charge in [-0.15, -0.1) is 11.3 Å². The van der Waals surface area contributed by atoms with Gasteiger partial charge >= 0.3 is 0 Å². The first-order valence-corrected chi connectivity index (χ1v) is 13.2. The largest absolute Gasteiger partial charge is 0.237 e. The van der Waals surface area contributed by atoms with Gasteiger partial charge in [-0.3, -0.25) is 0 Å². The molecule has 0 saturated carbocycles. The number of aryl methyl sites for hydroxylation is 2. The SMILES string of the molecule is CCCCc1ccc(CCCCCCCC[SiH](Cl)Cl)s1. The van der Waals surface area contributed by atoms with Crippen LogP contribution in [0.5, 0.6) is 0 Å². The summed E-state index contributed by atoms with van der Waals surface area (Å²) in [4.78, 5) is 3.15. The lowest BCUT2D eigenvalue weighted by Gasteiger charge is -2.01. The Kier molecular flexibility index (Phi) is 11.2. The predicted octanol–water partition coefficient (Wildman–Crippen LogP) is 6.67. The molecule has 0 spiro atoms. The van der Waals surface area contributed by atoms with Crippen molar-refractivity contribution in [3.8, 4) is 0 Å². The molecule has 0 N–H and O–H groups in total. The molecule has 0 nitrogen and oxygen atoms in total. The molecule has 1 aromatic heterocycles. The van der Waals surface area contributed by atoms with Crippen molar-refractivity contribution in [2.45, 2.75) is 77.2 Å². The fraction of sp³-hybridized carbons (Fsp3) is 0.750. The van der Waals surface area contributed by atoms with Crippen LogP contribution in [0.2, 0.25) is 6.04 Å². The summed E-state index contributed by atoms with van der Waals surface area (Å²) in [5, 5.41) is 0. The van der Waals surface area contributed by atoms with Crippen molar-refractivity contribution in [2.24, 2.45) is 0 Å². The summed E-state index contributed by atoms with van der Waals surface area (Å²) in [6.07, 6.45) is 13.1. The molecule has 0 aliphatic carbocycles. The number of rotatable bonds is 12. The van der Waals surface area contributed by atoms with E-state index in [9.17, 15) is 0 Å². The van der Waals surface area contributed by atoms with Gasteiger partial charge in [0.2, 0.25) is 7.42 Å². The normalized spacial score (nSPS) is 11.4. The number of hydrogen-bond acceptors (Lipinski definition) is 1. The average molecular weight is 351 g/mol. The highest BCUT2D eigenvalue weighted by atomic mass is 35.7. The average Bonchev–Trinajstić information content (AvgIpc) is 2.87. The molecule has 0 saturated heterocycles. The van der Waals surface area contributed by atoms with Crippen LogP contribution >= 0.6 is 33.5 Å². The summed E-state index contributed by atoms with van der Waals surface area (Å²) in [5.74, 6) is 0. The quantitative estimate of drug-likeness (QED) is 0.224. The second-order valence-corrected chi connectivity index (χ2v) is 12.0. The van der Waals surface area contributed by atoms with Gasteiger partial charge in [-0.05, 0) is 43.9 Å². The van der Waals surface area contributed by atoms with Gasteiger partial charge in [0.1, 0.15) is 0 Å². The maximum Gasteiger partial charge on any atom is 0.237 e. The fourth-order valence-electron chi connectivity index (χ4n) is 2.35. The molecule has 1 rings (SSSR count). The zero-order valence-electron chi connectivity index (χ0n) is 12.7. The van der Waals surface area contributed by atoms with E-state index in [2.05, 4.69) is 19.1 Å². The number of thiophene rings is 1. The summed E-state index contributed by atoms with van der Waals surface area (Å²) in [6.45, 7) is 2.26. The predicted molar refractivity (Wildman–Crippen MR) is 98.0 cm³/mol. The Morgan fingerprint density at radius 3 is 2.00 bits per heavy atom. The zero-order chi connectivity index (χ0) is 14.6. The standard InChI is InChI=1S/C16H28Cl2SSi/c1-2-3-10-15-12-13-16(19-15)11-8-6-4-5-7-9-14-20(17)18/h12-13,20H,2-11,14H2,1H3. The molecule has 1 aromatic rings. The Morgan fingerprint density at radius 2 is 1.40 bits per heavy atom. The van der Waals surface area contributed by atoms with Crippen LogP contribution in [0.3, 0.4) is 0 Å². The molecule has 0 fully saturated rings. The number of hydrogen-bond donors (Lipinski definition) is 0. The van der Waals surface area contributed by atoms with E-state index < -0.39 is 7.42 Å². The van der Waals surface area contributed by atoms with E-state index >= 15 is 0 Å². The third kappa shape index (κ3) is 9.44. The summed E-state index contributed by atoms with van der Waals surface area (Å²) in [6, 6.07) is 5.74. The first-order valence-electron chi connectivity index (χ1n) is 8.08. The van der Waals surface area contributed by atoms with Gasteiger partial charge in [-0.2, -0.15) is 22.2 Å². The molecule has 0 aromatic carbocycles. The van der Waals surface area contributed by atoms with Crippen LogP contribution in [0.25, 0.3) is 0 Å². The highest BCUT2D eigenvalue weighted by Gasteiger charge is 2.02. The van der Waals surface area contributed by atoms with Gasteiger partial charge in [0.15, 0.2) is 0 Å². The molecule has 1 heterocycles. The lowest BCUT2D eigenvalue weighted by molar-refractivity contribution is 0.608.